The molecule has 0 aliphatic heterocycles. The maximum absolute atomic E-state index is 12.3. The van der Waals surface area contributed by atoms with Gasteiger partial charge in [0.1, 0.15) is 9.88 Å². The average molecular weight is 344 g/mol. The lowest BCUT2D eigenvalue weighted by Crippen LogP contribution is -2.21. The van der Waals surface area contributed by atoms with Crippen LogP contribution in [0.2, 0.25) is 0 Å². The number of rotatable bonds is 4. The number of hydrogen-bond donors (Lipinski definition) is 0. The fraction of sp³-hybridized carbons (Fsp3) is 0.389. The molecule has 1 saturated carbocycles. The van der Waals surface area contributed by atoms with Gasteiger partial charge in [-0.05, 0) is 37.5 Å². The molecule has 1 fully saturated rings. The van der Waals surface area contributed by atoms with Crippen LogP contribution in [0.5, 0.6) is 0 Å². The number of benzene rings is 1. The van der Waals surface area contributed by atoms with Crippen LogP contribution >= 0.6 is 11.3 Å². The highest BCUT2D eigenvalue weighted by molar-refractivity contribution is 7.14. The number of methoxy groups -OCH3 is 1. The highest BCUT2D eigenvalue weighted by atomic mass is 32.1. The van der Waals surface area contributed by atoms with Gasteiger partial charge in [-0.3, -0.25) is 4.79 Å². The summed E-state index contributed by atoms with van der Waals surface area (Å²) in [6.45, 7) is 1.88. The SMILES string of the molecule is COC(=O)c1ccc(C2(c3nc(C)c(C(=O)N(C)C)s3)CC2)cc1. The number of nitrogens with zero attached hydrogens (tertiary/aromatic N) is 2. The predicted octanol–water partition coefficient (Wildman–Crippen LogP) is 3.02. The van der Waals surface area contributed by atoms with Crippen molar-refractivity contribution in [3.63, 3.8) is 0 Å². The average Bonchev–Trinajstić information content (AvgIpc) is 3.30. The van der Waals surface area contributed by atoms with E-state index >= 15 is 0 Å². The zero-order valence-electron chi connectivity index (χ0n) is 14.3. The fourth-order valence-corrected chi connectivity index (χ4v) is 4.15. The van der Waals surface area contributed by atoms with Gasteiger partial charge in [-0.2, -0.15) is 0 Å². The predicted molar refractivity (Wildman–Crippen MR) is 92.7 cm³/mol. The first-order chi connectivity index (χ1) is 11.4. The first-order valence-corrected chi connectivity index (χ1v) is 8.59. The topological polar surface area (TPSA) is 59.5 Å². The van der Waals surface area contributed by atoms with Gasteiger partial charge < -0.3 is 9.64 Å². The van der Waals surface area contributed by atoms with Gasteiger partial charge >= 0.3 is 5.97 Å². The van der Waals surface area contributed by atoms with Crippen LogP contribution < -0.4 is 0 Å². The van der Waals surface area contributed by atoms with Crippen molar-refractivity contribution in [3.8, 4) is 0 Å². The van der Waals surface area contributed by atoms with E-state index in [2.05, 4.69) is 4.98 Å². The van der Waals surface area contributed by atoms with Crippen LogP contribution in [-0.4, -0.2) is 43.0 Å². The summed E-state index contributed by atoms with van der Waals surface area (Å²) in [5, 5.41) is 0.982. The van der Waals surface area contributed by atoms with Crippen molar-refractivity contribution >= 4 is 23.2 Å². The Morgan fingerprint density at radius 3 is 2.33 bits per heavy atom. The summed E-state index contributed by atoms with van der Waals surface area (Å²) in [5.41, 5.74) is 2.34. The molecule has 24 heavy (non-hydrogen) atoms. The van der Waals surface area contributed by atoms with E-state index in [-0.39, 0.29) is 17.3 Å². The number of carbonyl (C=O) groups excluding carboxylic acids is 2. The number of amides is 1. The first kappa shape index (κ1) is 16.6. The molecule has 1 aromatic carbocycles. The molecule has 1 aliphatic carbocycles. The van der Waals surface area contributed by atoms with Gasteiger partial charge in [0.25, 0.3) is 5.91 Å². The van der Waals surface area contributed by atoms with Gasteiger partial charge in [0.15, 0.2) is 0 Å². The first-order valence-electron chi connectivity index (χ1n) is 7.77. The highest BCUT2D eigenvalue weighted by Crippen LogP contribution is 2.54. The molecule has 0 N–H and O–H groups in total. The molecule has 0 spiro atoms. The molecule has 3 rings (SSSR count). The van der Waals surface area contributed by atoms with Crippen molar-refractivity contribution in [1.29, 1.82) is 0 Å². The van der Waals surface area contributed by atoms with Crippen molar-refractivity contribution in [2.24, 2.45) is 0 Å². The minimum atomic E-state index is -0.338. The van der Waals surface area contributed by atoms with E-state index in [4.69, 9.17) is 4.74 Å². The van der Waals surface area contributed by atoms with Crippen LogP contribution in [0.4, 0.5) is 0 Å². The molecule has 1 amide bonds. The molecule has 0 radical (unpaired) electrons. The highest BCUT2D eigenvalue weighted by Gasteiger charge is 2.49. The summed E-state index contributed by atoms with van der Waals surface area (Å²) in [5.74, 6) is -0.344. The molecule has 5 nitrogen and oxygen atoms in total. The number of thiazole rings is 1. The van der Waals surface area contributed by atoms with Crippen LogP contribution in [0.15, 0.2) is 24.3 Å². The van der Waals surface area contributed by atoms with Crippen molar-refractivity contribution in [3.05, 3.63) is 51.0 Å². The summed E-state index contributed by atoms with van der Waals surface area (Å²) in [6, 6.07) is 7.49. The van der Waals surface area contributed by atoms with Crippen LogP contribution in [0.25, 0.3) is 0 Å². The van der Waals surface area contributed by atoms with E-state index < -0.39 is 0 Å². The van der Waals surface area contributed by atoms with E-state index in [0.29, 0.717) is 10.4 Å². The normalized spacial score (nSPS) is 15.0. The molecule has 2 aromatic rings. The van der Waals surface area contributed by atoms with Crippen LogP contribution in [0.1, 0.15) is 49.1 Å². The Morgan fingerprint density at radius 2 is 1.83 bits per heavy atom. The van der Waals surface area contributed by atoms with Gasteiger partial charge in [0, 0.05) is 19.5 Å². The van der Waals surface area contributed by atoms with Crippen LogP contribution in [0.3, 0.4) is 0 Å². The minimum absolute atomic E-state index is 0.00640. The lowest BCUT2D eigenvalue weighted by molar-refractivity contribution is 0.0600. The maximum Gasteiger partial charge on any atom is 0.337 e. The number of aromatic nitrogens is 1. The Morgan fingerprint density at radius 1 is 1.21 bits per heavy atom. The summed E-state index contributed by atoms with van der Waals surface area (Å²) >= 11 is 1.48. The van der Waals surface area contributed by atoms with Gasteiger partial charge in [-0.15, -0.1) is 11.3 Å². The molecule has 1 aliphatic rings. The zero-order valence-corrected chi connectivity index (χ0v) is 15.1. The molecular formula is C18H20N2O3S. The van der Waals surface area contributed by atoms with Crippen molar-refractivity contribution < 1.29 is 14.3 Å². The molecule has 126 valence electrons. The zero-order chi connectivity index (χ0) is 17.5. The molecule has 0 atom stereocenters. The van der Waals surface area contributed by atoms with Crippen molar-refractivity contribution in [1.82, 2.24) is 9.88 Å². The Bertz CT molecular complexity index is 789. The molecule has 0 bridgehead atoms. The Hall–Kier alpha value is -2.21. The van der Waals surface area contributed by atoms with Crippen LogP contribution in [0, 0.1) is 6.92 Å². The second-order valence-electron chi connectivity index (χ2n) is 6.28. The van der Waals surface area contributed by atoms with Gasteiger partial charge in [-0.1, -0.05) is 12.1 Å². The third kappa shape index (κ3) is 2.71. The van der Waals surface area contributed by atoms with E-state index in [1.807, 2.05) is 19.1 Å². The standard InChI is InChI=1S/C18H20N2O3S/c1-11-14(15(21)20(2)3)24-17(19-11)18(9-10-18)13-7-5-12(6-8-13)16(22)23-4/h5-8H,9-10H2,1-4H3. The number of carbonyl (C=O) groups is 2. The minimum Gasteiger partial charge on any atom is -0.465 e. The smallest absolute Gasteiger partial charge is 0.337 e. The third-order valence-corrected chi connectivity index (χ3v) is 5.76. The number of aryl methyl sites for hydroxylation is 1. The Kier molecular flexibility index (Phi) is 4.17. The Balaban J connectivity index is 1.93. The fourth-order valence-electron chi connectivity index (χ4n) is 2.80. The molecule has 6 heteroatoms. The Labute approximate surface area is 145 Å². The second-order valence-corrected chi connectivity index (χ2v) is 7.28. The quantitative estimate of drug-likeness (QED) is 0.800. The number of hydrogen-bond acceptors (Lipinski definition) is 5. The summed E-state index contributed by atoms with van der Waals surface area (Å²) < 4.78 is 4.74. The van der Waals surface area contributed by atoms with Crippen molar-refractivity contribution in [2.45, 2.75) is 25.2 Å². The van der Waals surface area contributed by atoms with E-state index in [1.54, 1.807) is 31.1 Å². The summed E-state index contributed by atoms with van der Waals surface area (Å²) in [7, 11) is 4.87. The summed E-state index contributed by atoms with van der Waals surface area (Å²) in [4.78, 5) is 30.8. The van der Waals surface area contributed by atoms with Gasteiger partial charge in [0.05, 0.1) is 18.4 Å². The number of esters is 1. The molecular weight excluding hydrogens is 324 g/mol. The van der Waals surface area contributed by atoms with Gasteiger partial charge in [0.2, 0.25) is 0 Å². The van der Waals surface area contributed by atoms with Crippen LogP contribution in [-0.2, 0) is 10.2 Å². The lowest BCUT2D eigenvalue weighted by atomic mass is 9.95. The summed E-state index contributed by atoms with van der Waals surface area (Å²) in [6.07, 6.45) is 2.01. The molecule has 0 saturated heterocycles. The number of ether oxygens (including phenoxy) is 1. The van der Waals surface area contributed by atoms with Crippen molar-refractivity contribution in [2.75, 3.05) is 21.2 Å². The molecule has 0 unspecified atom stereocenters. The molecule has 1 aromatic heterocycles. The third-order valence-electron chi connectivity index (χ3n) is 4.41. The maximum atomic E-state index is 12.3. The lowest BCUT2D eigenvalue weighted by Gasteiger charge is -2.13. The van der Waals surface area contributed by atoms with E-state index in [1.165, 1.54) is 18.4 Å². The van der Waals surface area contributed by atoms with E-state index in [9.17, 15) is 9.59 Å². The molecule has 1 heterocycles. The van der Waals surface area contributed by atoms with Gasteiger partial charge in [-0.25, -0.2) is 9.78 Å². The largest absolute Gasteiger partial charge is 0.465 e. The van der Waals surface area contributed by atoms with E-state index in [0.717, 1.165) is 29.1 Å². The monoisotopic (exact) mass is 344 g/mol. The second kappa shape index (κ2) is 6.02.